The molecule has 0 radical (unpaired) electrons. The predicted octanol–water partition coefficient (Wildman–Crippen LogP) is 2.70. The van der Waals surface area contributed by atoms with Crippen molar-refractivity contribution in [3.63, 3.8) is 0 Å². The van der Waals surface area contributed by atoms with Gasteiger partial charge in [0.25, 0.3) is 5.91 Å². The maximum Gasteiger partial charge on any atom is 0.251 e. The van der Waals surface area contributed by atoms with Gasteiger partial charge in [0.2, 0.25) is 0 Å². The number of carbonyl (C=O) groups excluding carboxylic acids is 1. The van der Waals surface area contributed by atoms with E-state index < -0.39 is 0 Å². The molecule has 0 saturated carbocycles. The molecule has 0 bridgehead atoms. The first-order chi connectivity index (χ1) is 8.67. The van der Waals surface area contributed by atoms with Gasteiger partial charge in [-0.3, -0.25) is 4.79 Å². The van der Waals surface area contributed by atoms with Crippen LogP contribution in [0, 0.1) is 0 Å². The van der Waals surface area contributed by atoms with Crippen molar-refractivity contribution >= 4 is 30.1 Å². The topological polar surface area (TPSA) is 41.1 Å². The summed E-state index contributed by atoms with van der Waals surface area (Å²) in [6.07, 6.45) is 0. The third-order valence-electron chi connectivity index (χ3n) is 2.75. The van der Waals surface area contributed by atoms with Crippen molar-refractivity contribution in [2.45, 2.75) is 25.6 Å². The third-order valence-corrected chi connectivity index (χ3v) is 3.70. The Morgan fingerprint density at radius 2 is 1.95 bits per heavy atom. The molecule has 0 aliphatic heterocycles. The summed E-state index contributed by atoms with van der Waals surface area (Å²) in [6.45, 7) is 4.82. The molecule has 1 aromatic rings. The molecule has 2 N–H and O–H groups in total. The number of rotatable bonds is 7. The maximum atomic E-state index is 11.8. The Morgan fingerprint density at radius 3 is 2.47 bits per heavy atom. The molecule has 3 nitrogen and oxygen atoms in total. The van der Waals surface area contributed by atoms with Crippen molar-refractivity contribution in [3.05, 3.63) is 35.4 Å². The summed E-state index contributed by atoms with van der Waals surface area (Å²) in [6, 6.07) is 8.13. The van der Waals surface area contributed by atoms with Gasteiger partial charge in [-0.15, -0.1) is 12.4 Å². The second kappa shape index (κ2) is 10.1. The van der Waals surface area contributed by atoms with E-state index in [-0.39, 0.29) is 24.4 Å². The van der Waals surface area contributed by atoms with Crippen LogP contribution in [0.2, 0.25) is 0 Å². The number of amides is 1. The Morgan fingerprint density at radius 1 is 1.32 bits per heavy atom. The number of halogens is 1. The average Bonchev–Trinajstić information content (AvgIpc) is 2.42. The fourth-order valence-electron chi connectivity index (χ4n) is 1.42. The quantitative estimate of drug-likeness (QED) is 0.814. The van der Waals surface area contributed by atoms with E-state index in [2.05, 4.69) is 17.6 Å². The number of nitrogens with one attached hydrogen (secondary N) is 2. The van der Waals surface area contributed by atoms with Crippen LogP contribution in [0.4, 0.5) is 0 Å². The van der Waals surface area contributed by atoms with E-state index in [0.717, 1.165) is 17.1 Å². The van der Waals surface area contributed by atoms with Gasteiger partial charge >= 0.3 is 0 Å². The molecule has 1 atom stereocenters. The minimum atomic E-state index is -0.00760. The Kier molecular flexibility index (Phi) is 9.74. The molecule has 108 valence electrons. The second-order valence-corrected chi connectivity index (χ2v) is 5.51. The smallest absolute Gasteiger partial charge is 0.251 e. The SMILES string of the molecule is CCSCc1ccc(C(=O)NCC(C)NC)cc1.Cl. The fraction of sp³-hybridized carbons (Fsp3) is 0.500. The largest absolute Gasteiger partial charge is 0.350 e. The zero-order chi connectivity index (χ0) is 13.4. The van der Waals surface area contributed by atoms with Crippen LogP contribution < -0.4 is 10.6 Å². The van der Waals surface area contributed by atoms with Crippen molar-refractivity contribution in [3.8, 4) is 0 Å². The van der Waals surface area contributed by atoms with Gasteiger partial charge < -0.3 is 10.6 Å². The second-order valence-electron chi connectivity index (χ2n) is 4.23. The number of hydrogen-bond donors (Lipinski definition) is 2. The molecular formula is C14H23ClN2OS. The van der Waals surface area contributed by atoms with E-state index in [4.69, 9.17) is 0 Å². The number of hydrogen-bond acceptors (Lipinski definition) is 3. The standard InChI is InChI=1S/C14H22N2OS.ClH/c1-4-18-10-12-5-7-13(8-6-12)14(17)16-9-11(2)15-3;/h5-8,11,15H,4,9-10H2,1-3H3,(H,16,17);1H. The molecule has 1 amide bonds. The number of carbonyl (C=O) groups is 1. The van der Waals surface area contributed by atoms with Gasteiger partial charge in [0, 0.05) is 23.9 Å². The van der Waals surface area contributed by atoms with Crippen LogP contribution in [0.5, 0.6) is 0 Å². The first-order valence-electron chi connectivity index (χ1n) is 6.29. The van der Waals surface area contributed by atoms with E-state index in [9.17, 15) is 4.79 Å². The minimum Gasteiger partial charge on any atom is -0.350 e. The Hall–Kier alpha value is -0.710. The summed E-state index contributed by atoms with van der Waals surface area (Å²) in [5.74, 6) is 2.12. The summed E-state index contributed by atoms with van der Waals surface area (Å²) in [5.41, 5.74) is 1.99. The Labute approximate surface area is 126 Å². The molecule has 0 fully saturated rings. The highest BCUT2D eigenvalue weighted by Gasteiger charge is 2.06. The highest BCUT2D eigenvalue weighted by atomic mass is 35.5. The zero-order valence-electron chi connectivity index (χ0n) is 11.7. The molecule has 1 rings (SSSR count). The molecule has 1 unspecified atom stereocenters. The number of thioether (sulfide) groups is 1. The molecule has 19 heavy (non-hydrogen) atoms. The van der Waals surface area contributed by atoms with E-state index in [0.29, 0.717) is 6.54 Å². The van der Waals surface area contributed by atoms with Crippen molar-refractivity contribution in [2.24, 2.45) is 0 Å². The lowest BCUT2D eigenvalue weighted by Crippen LogP contribution is -2.37. The van der Waals surface area contributed by atoms with Gasteiger partial charge in [-0.25, -0.2) is 0 Å². The van der Waals surface area contributed by atoms with Crippen LogP contribution in [0.3, 0.4) is 0 Å². The van der Waals surface area contributed by atoms with Crippen LogP contribution in [-0.4, -0.2) is 31.3 Å². The minimum absolute atomic E-state index is 0. The lowest BCUT2D eigenvalue weighted by molar-refractivity contribution is 0.0950. The van der Waals surface area contributed by atoms with Crippen LogP contribution in [0.15, 0.2) is 24.3 Å². The van der Waals surface area contributed by atoms with Crippen LogP contribution >= 0.6 is 24.2 Å². The first kappa shape index (κ1) is 18.3. The summed E-state index contributed by atoms with van der Waals surface area (Å²) in [5, 5.41) is 5.99. The fourth-order valence-corrected chi connectivity index (χ4v) is 2.05. The van der Waals surface area contributed by atoms with Gasteiger partial charge in [-0.2, -0.15) is 11.8 Å². The van der Waals surface area contributed by atoms with Gasteiger partial charge in [0.05, 0.1) is 0 Å². The normalized spacial score (nSPS) is 11.5. The van der Waals surface area contributed by atoms with Crippen LogP contribution in [0.25, 0.3) is 0 Å². The lowest BCUT2D eigenvalue weighted by atomic mass is 10.1. The predicted molar refractivity (Wildman–Crippen MR) is 86.4 cm³/mol. The van der Waals surface area contributed by atoms with Crippen molar-refractivity contribution < 1.29 is 4.79 Å². The molecule has 1 aromatic carbocycles. The Balaban J connectivity index is 0.00000324. The van der Waals surface area contributed by atoms with Gasteiger partial charge in [-0.05, 0) is 37.4 Å². The zero-order valence-corrected chi connectivity index (χ0v) is 13.4. The van der Waals surface area contributed by atoms with Crippen molar-refractivity contribution in [1.82, 2.24) is 10.6 Å². The van der Waals surface area contributed by atoms with Gasteiger partial charge in [-0.1, -0.05) is 19.1 Å². The van der Waals surface area contributed by atoms with E-state index >= 15 is 0 Å². The summed E-state index contributed by atoms with van der Waals surface area (Å²) in [4.78, 5) is 11.8. The average molecular weight is 303 g/mol. The molecule has 0 heterocycles. The van der Waals surface area contributed by atoms with E-state index in [1.807, 2.05) is 50.0 Å². The summed E-state index contributed by atoms with van der Waals surface area (Å²) in [7, 11) is 1.89. The number of likely N-dealkylation sites (N-methyl/N-ethyl adjacent to an activating group) is 1. The molecular weight excluding hydrogens is 280 g/mol. The highest BCUT2D eigenvalue weighted by molar-refractivity contribution is 7.98. The molecule has 0 aromatic heterocycles. The molecule has 0 spiro atoms. The monoisotopic (exact) mass is 302 g/mol. The van der Waals surface area contributed by atoms with Gasteiger partial charge in [0.15, 0.2) is 0 Å². The molecule has 0 saturated heterocycles. The molecule has 5 heteroatoms. The third kappa shape index (κ3) is 6.85. The van der Waals surface area contributed by atoms with Crippen LogP contribution in [0.1, 0.15) is 29.8 Å². The van der Waals surface area contributed by atoms with Gasteiger partial charge in [0.1, 0.15) is 0 Å². The van der Waals surface area contributed by atoms with Crippen LogP contribution in [-0.2, 0) is 5.75 Å². The van der Waals surface area contributed by atoms with E-state index in [1.165, 1.54) is 5.56 Å². The maximum absolute atomic E-state index is 11.8. The Bertz CT molecular complexity index is 370. The van der Waals surface area contributed by atoms with E-state index in [1.54, 1.807) is 0 Å². The molecule has 0 aliphatic carbocycles. The highest BCUT2D eigenvalue weighted by Crippen LogP contribution is 2.12. The lowest BCUT2D eigenvalue weighted by Gasteiger charge is -2.11. The summed E-state index contributed by atoms with van der Waals surface area (Å²) < 4.78 is 0. The first-order valence-corrected chi connectivity index (χ1v) is 7.45. The van der Waals surface area contributed by atoms with Crippen molar-refractivity contribution in [2.75, 3.05) is 19.3 Å². The molecule has 0 aliphatic rings. The van der Waals surface area contributed by atoms with Crippen molar-refractivity contribution in [1.29, 1.82) is 0 Å². The number of benzene rings is 1. The summed E-state index contributed by atoms with van der Waals surface area (Å²) >= 11 is 1.88.